The van der Waals surface area contributed by atoms with E-state index < -0.39 is 10.0 Å². The minimum absolute atomic E-state index is 0.0879. The second-order valence-electron chi connectivity index (χ2n) is 6.19. The molecule has 0 saturated heterocycles. The molecule has 1 aromatic heterocycles. The molecule has 0 fully saturated rings. The predicted octanol–water partition coefficient (Wildman–Crippen LogP) is 3.76. The lowest BCUT2D eigenvalue weighted by Crippen LogP contribution is -2.34. The molecule has 0 aliphatic carbocycles. The molecule has 0 bridgehead atoms. The Hall–Kier alpha value is -2.33. The van der Waals surface area contributed by atoms with E-state index in [1.165, 1.54) is 24.1 Å². The quantitative estimate of drug-likeness (QED) is 0.354. The minimum Gasteiger partial charge on any atom is -0.497 e. The van der Waals surface area contributed by atoms with Gasteiger partial charge in [-0.1, -0.05) is 18.2 Å². The van der Waals surface area contributed by atoms with Gasteiger partial charge in [0.25, 0.3) is 5.91 Å². The van der Waals surface area contributed by atoms with E-state index >= 15 is 0 Å². The summed E-state index contributed by atoms with van der Waals surface area (Å²) in [5.41, 5.74) is 0.581. The fourth-order valence-electron chi connectivity index (χ4n) is 2.62. The first-order valence-corrected chi connectivity index (χ1v) is 12.5. The van der Waals surface area contributed by atoms with Crippen molar-refractivity contribution in [2.75, 3.05) is 20.2 Å². The number of rotatable bonds is 10. The van der Waals surface area contributed by atoms with Crippen LogP contribution in [-0.2, 0) is 15.8 Å². The van der Waals surface area contributed by atoms with Gasteiger partial charge < -0.3 is 10.1 Å². The van der Waals surface area contributed by atoms with Crippen LogP contribution < -0.4 is 14.8 Å². The number of carbonyl (C=O) groups is 1. The summed E-state index contributed by atoms with van der Waals surface area (Å²) in [4.78, 5) is 14.9. The maximum atomic E-state index is 12.6. The summed E-state index contributed by atoms with van der Waals surface area (Å²) in [7, 11) is -2.13. The number of ether oxygens (including phenoxy) is 1. The fraction of sp³-hybridized carbons (Fsp3) is 0.190. The van der Waals surface area contributed by atoms with Gasteiger partial charge >= 0.3 is 0 Å². The van der Waals surface area contributed by atoms with Crippen LogP contribution in [0.2, 0.25) is 0 Å². The number of nitrogens with one attached hydrogen (secondary N) is 2. The number of hydrogen-bond acceptors (Lipinski definition) is 6. The van der Waals surface area contributed by atoms with Crippen molar-refractivity contribution in [3.63, 3.8) is 0 Å². The molecule has 0 spiro atoms. The molecule has 158 valence electrons. The molecule has 3 aromatic rings. The van der Waals surface area contributed by atoms with Gasteiger partial charge in [-0.05, 0) is 47.8 Å². The molecule has 1 amide bonds. The number of thioether (sulfide) groups is 1. The Morgan fingerprint density at radius 2 is 1.80 bits per heavy atom. The summed E-state index contributed by atoms with van der Waals surface area (Å²) in [6.45, 7) is 0.267. The third kappa shape index (κ3) is 6.09. The molecular formula is C21H22N2O4S3. The van der Waals surface area contributed by atoms with Crippen molar-refractivity contribution in [2.24, 2.45) is 0 Å². The Balaban J connectivity index is 1.52. The molecule has 0 saturated carbocycles. The molecule has 3 rings (SSSR count). The highest BCUT2D eigenvalue weighted by molar-refractivity contribution is 7.98. The molecule has 0 aliphatic heterocycles. The van der Waals surface area contributed by atoms with E-state index in [2.05, 4.69) is 16.1 Å². The van der Waals surface area contributed by atoms with Crippen molar-refractivity contribution in [3.05, 3.63) is 76.5 Å². The lowest BCUT2D eigenvalue weighted by Gasteiger charge is -2.11. The summed E-state index contributed by atoms with van der Waals surface area (Å²) >= 11 is 3.29. The first kappa shape index (κ1) is 22.4. The van der Waals surface area contributed by atoms with Crippen molar-refractivity contribution in [3.8, 4) is 5.75 Å². The second kappa shape index (κ2) is 10.6. The third-order valence-corrected chi connectivity index (χ3v) is 7.81. The lowest BCUT2D eigenvalue weighted by atomic mass is 10.2. The first-order valence-electron chi connectivity index (χ1n) is 9.16. The summed E-state index contributed by atoms with van der Waals surface area (Å²) in [5, 5.41) is 4.81. The number of carbonyl (C=O) groups excluding carboxylic acids is 1. The van der Waals surface area contributed by atoms with Crippen molar-refractivity contribution >= 4 is 39.0 Å². The first-order chi connectivity index (χ1) is 14.5. The van der Waals surface area contributed by atoms with Gasteiger partial charge in [-0.15, -0.1) is 23.1 Å². The van der Waals surface area contributed by atoms with Crippen LogP contribution in [-0.4, -0.2) is 34.5 Å². The Labute approximate surface area is 184 Å². The van der Waals surface area contributed by atoms with E-state index in [9.17, 15) is 13.2 Å². The van der Waals surface area contributed by atoms with Crippen LogP contribution in [0.3, 0.4) is 0 Å². The van der Waals surface area contributed by atoms with Crippen LogP contribution >= 0.6 is 23.1 Å². The Morgan fingerprint density at radius 3 is 2.50 bits per heavy atom. The van der Waals surface area contributed by atoms with Gasteiger partial charge in [0.2, 0.25) is 10.0 Å². The van der Waals surface area contributed by atoms with Gasteiger partial charge in [0.05, 0.1) is 17.6 Å². The maximum Gasteiger partial charge on any atom is 0.252 e. The van der Waals surface area contributed by atoms with Crippen LogP contribution in [0.15, 0.2) is 75.8 Å². The second-order valence-corrected chi connectivity index (χ2v) is 10.0. The topological polar surface area (TPSA) is 84.5 Å². The maximum absolute atomic E-state index is 12.6. The third-order valence-electron chi connectivity index (χ3n) is 4.15. The van der Waals surface area contributed by atoms with Crippen LogP contribution in [0, 0.1) is 0 Å². The molecule has 2 aromatic carbocycles. The van der Waals surface area contributed by atoms with Gasteiger partial charge in [0.15, 0.2) is 0 Å². The molecule has 9 heteroatoms. The predicted molar refractivity (Wildman–Crippen MR) is 121 cm³/mol. The Kier molecular flexibility index (Phi) is 7.92. The van der Waals surface area contributed by atoms with Gasteiger partial charge in [-0.2, -0.15) is 0 Å². The van der Waals surface area contributed by atoms with Crippen molar-refractivity contribution in [1.29, 1.82) is 0 Å². The average Bonchev–Trinajstić information content (AvgIpc) is 3.29. The van der Waals surface area contributed by atoms with Crippen molar-refractivity contribution < 1.29 is 17.9 Å². The molecule has 2 N–H and O–H groups in total. The molecule has 0 unspecified atom stereocenters. The largest absolute Gasteiger partial charge is 0.497 e. The zero-order valence-corrected chi connectivity index (χ0v) is 18.8. The van der Waals surface area contributed by atoms with E-state index in [-0.39, 0.29) is 23.9 Å². The smallest absolute Gasteiger partial charge is 0.252 e. The number of sulfonamides is 1. The minimum atomic E-state index is -3.65. The van der Waals surface area contributed by atoms with E-state index in [4.69, 9.17) is 4.74 Å². The standard InChI is InChI=1S/C21H22N2O4S3/c1-27-16-8-10-18(11-9-16)30(25,26)23-13-12-22-21(24)19-6-2-3-7-20(19)29-15-17-5-4-14-28-17/h2-11,14,23H,12-13,15H2,1H3,(H,22,24). The van der Waals surface area contributed by atoms with Crippen LogP contribution in [0.5, 0.6) is 5.75 Å². The molecule has 1 heterocycles. The number of methoxy groups -OCH3 is 1. The number of thiophene rings is 1. The van der Waals surface area contributed by atoms with Crippen LogP contribution in [0.4, 0.5) is 0 Å². The molecule has 0 atom stereocenters. The van der Waals surface area contributed by atoms with Crippen LogP contribution in [0.25, 0.3) is 0 Å². The molecule has 0 aliphatic rings. The van der Waals surface area contributed by atoms with E-state index in [0.717, 1.165) is 10.6 Å². The van der Waals surface area contributed by atoms with Crippen molar-refractivity contribution in [2.45, 2.75) is 15.5 Å². The zero-order chi connectivity index (χ0) is 21.4. The number of benzene rings is 2. The van der Waals surface area contributed by atoms with E-state index in [0.29, 0.717) is 11.3 Å². The lowest BCUT2D eigenvalue weighted by molar-refractivity contribution is 0.0951. The summed E-state index contributed by atoms with van der Waals surface area (Å²) in [6, 6.07) is 17.6. The van der Waals surface area contributed by atoms with Gasteiger partial charge in [0.1, 0.15) is 5.75 Å². The SMILES string of the molecule is COc1ccc(S(=O)(=O)NCCNC(=O)c2ccccc2SCc2cccs2)cc1. The number of amides is 1. The molecular weight excluding hydrogens is 440 g/mol. The fourth-order valence-corrected chi connectivity index (χ4v) is 5.47. The summed E-state index contributed by atoms with van der Waals surface area (Å²) in [5.74, 6) is 1.15. The highest BCUT2D eigenvalue weighted by Gasteiger charge is 2.15. The normalized spacial score (nSPS) is 11.2. The van der Waals surface area contributed by atoms with Gasteiger partial charge in [0, 0.05) is 28.6 Å². The van der Waals surface area contributed by atoms with Gasteiger partial charge in [-0.3, -0.25) is 4.79 Å². The average molecular weight is 463 g/mol. The highest BCUT2D eigenvalue weighted by Crippen LogP contribution is 2.27. The zero-order valence-electron chi connectivity index (χ0n) is 16.3. The summed E-state index contributed by atoms with van der Waals surface area (Å²) in [6.07, 6.45) is 0. The Bertz CT molecular complexity index is 1070. The number of hydrogen-bond donors (Lipinski definition) is 2. The highest BCUT2D eigenvalue weighted by atomic mass is 32.2. The molecule has 6 nitrogen and oxygen atoms in total. The monoisotopic (exact) mass is 462 g/mol. The molecule has 0 radical (unpaired) electrons. The van der Waals surface area contributed by atoms with Gasteiger partial charge in [-0.25, -0.2) is 13.1 Å². The van der Waals surface area contributed by atoms with E-state index in [1.54, 1.807) is 41.3 Å². The van der Waals surface area contributed by atoms with E-state index in [1.807, 2.05) is 29.6 Å². The Morgan fingerprint density at radius 1 is 1.03 bits per heavy atom. The summed E-state index contributed by atoms with van der Waals surface area (Å²) < 4.78 is 32.2. The molecule has 30 heavy (non-hydrogen) atoms. The van der Waals surface area contributed by atoms with Crippen molar-refractivity contribution in [1.82, 2.24) is 10.0 Å². The van der Waals surface area contributed by atoms with Crippen LogP contribution in [0.1, 0.15) is 15.2 Å².